The van der Waals surface area contributed by atoms with Crippen molar-refractivity contribution >= 4 is 15.7 Å². The summed E-state index contributed by atoms with van der Waals surface area (Å²) in [5, 5.41) is 13.8. The number of hydrogen-bond donors (Lipinski definition) is 2. The van der Waals surface area contributed by atoms with Gasteiger partial charge in [0, 0.05) is 24.7 Å². The van der Waals surface area contributed by atoms with E-state index in [2.05, 4.69) is 10.0 Å². The largest absolute Gasteiger partial charge is 0.314 e. The molecule has 2 N–H and O–H groups in total. The predicted molar refractivity (Wildman–Crippen MR) is 73.9 cm³/mol. The molecule has 110 valence electrons. The molecule has 0 radical (unpaired) electrons. The van der Waals surface area contributed by atoms with Crippen LogP contribution in [0.5, 0.6) is 0 Å². The second kappa shape index (κ2) is 6.29. The SMILES string of the molecule is O=[N+]([O-])c1ccc(S(=O)(=O)NCCCNC2CC2)cc1. The van der Waals surface area contributed by atoms with Crippen LogP contribution in [-0.2, 0) is 10.0 Å². The van der Waals surface area contributed by atoms with E-state index in [1.807, 2.05) is 0 Å². The number of nitro benzene ring substituents is 1. The van der Waals surface area contributed by atoms with Crippen LogP contribution in [0.25, 0.3) is 0 Å². The van der Waals surface area contributed by atoms with Crippen molar-refractivity contribution < 1.29 is 13.3 Å². The van der Waals surface area contributed by atoms with Gasteiger partial charge in [-0.2, -0.15) is 0 Å². The van der Waals surface area contributed by atoms with Gasteiger partial charge in [0.25, 0.3) is 5.69 Å². The van der Waals surface area contributed by atoms with Crippen LogP contribution in [0, 0.1) is 10.1 Å². The van der Waals surface area contributed by atoms with Gasteiger partial charge >= 0.3 is 0 Å². The predicted octanol–water partition coefficient (Wildman–Crippen LogP) is 1.02. The molecule has 1 aromatic rings. The zero-order chi connectivity index (χ0) is 14.6. The minimum Gasteiger partial charge on any atom is -0.314 e. The summed E-state index contributed by atoms with van der Waals surface area (Å²) in [5.74, 6) is 0. The number of hydrogen-bond acceptors (Lipinski definition) is 5. The molecule has 0 amide bonds. The van der Waals surface area contributed by atoms with E-state index in [-0.39, 0.29) is 10.6 Å². The molecule has 0 unspecified atom stereocenters. The molecule has 2 rings (SSSR count). The Labute approximate surface area is 117 Å². The van der Waals surface area contributed by atoms with Crippen LogP contribution in [0.3, 0.4) is 0 Å². The van der Waals surface area contributed by atoms with Crippen LogP contribution >= 0.6 is 0 Å². The normalized spacial score (nSPS) is 15.2. The van der Waals surface area contributed by atoms with E-state index in [0.717, 1.165) is 6.54 Å². The van der Waals surface area contributed by atoms with Gasteiger partial charge in [-0.25, -0.2) is 13.1 Å². The molecule has 0 atom stereocenters. The maximum atomic E-state index is 11.9. The molecular formula is C12H17N3O4S. The Hall–Kier alpha value is -1.51. The van der Waals surface area contributed by atoms with Gasteiger partial charge in [0.15, 0.2) is 0 Å². The average molecular weight is 299 g/mol. The molecule has 20 heavy (non-hydrogen) atoms. The van der Waals surface area contributed by atoms with E-state index in [0.29, 0.717) is 19.0 Å². The van der Waals surface area contributed by atoms with Gasteiger partial charge < -0.3 is 5.32 Å². The highest BCUT2D eigenvalue weighted by Gasteiger charge is 2.20. The lowest BCUT2D eigenvalue weighted by atomic mass is 10.3. The van der Waals surface area contributed by atoms with Gasteiger partial charge in [-0.3, -0.25) is 10.1 Å². The highest BCUT2D eigenvalue weighted by molar-refractivity contribution is 7.89. The standard InChI is InChI=1S/C12H17N3O4S/c16-15(17)11-4-6-12(7-5-11)20(18,19)14-9-1-8-13-10-2-3-10/h4-7,10,13-14H,1-3,8-9H2. The third kappa shape index (κ3) is 4.26. The van der Waals surface area contributed by atoms with Crippen molar-refractivity contribution in [2.24, 2.45) is 0 Å². The Balaban J connectivity index is 1.83. The lowest BCUT2D eigenvalue weighted by Gasteiger charge is -2.07. The van der Waals surface area contributed by atoms with Crippen LogP contribution in [-0.4, -0.2) is 32.5 Å². The minimum atomic E-state index is -3.59. The van der Waals surface area contributed by atoms with Crippen LogP contribution in [0.4, 0.5) is 5.69 Å². The van der Waals surface area contributed by atoms with Crippen molar-refractivity contribution in [1.82, 2.24) is 10.0 Å². The molecule has 7 nitrogen and oxygen atoms in total. The number of nitrogens with one attached hydrogen (secondary N) is 2. The molecule has 0 aliphatic heterocycles. The lowest BCUT2D eigenvalue weighted by Crippen LogP contribution is -2.28. The number of nitro groups is 1. The van der Waals surface area contributed by atoms with E-state index < -0.39 is 14.9 Å². The van der Waals surface area contributed by atoms with Gasteiger partial charge in [0.1, 0.15) is 0 Å². The van der Waals surface area contributed by atoms with Gasteiger partial charge in [0.2, 0.25) is 10.0 Å². The highest BCUT2D eigenvalue weighted by Crippen LogP contribution is 2.18. The first-order valence-electron chi connectivity index (χ1n) is 6.46. The summed E-state index contributed by atoms with van der Waals surface area (Å²) in [6, 6.07) is 5.46. The van der Waals surface area contributed by atoms with Gasteiger partial charge in [0.05, 0.1) is 9.82 Å². The third-order valence-corrected chi connectivity index (χ3v) is 4.49. The second-order valence-electron chi connectivity index (χ2n) is 4.73. The Bertz CT molecular complexity index is 567. The Kier molecular flexibility index (Phi) is 4.69. The van der Waals surface area contributed by atoms with Crippen molar-refractivity contribution in [2.75, 3.05) is 13.1 Å². The maximum Gasteiger partial charge on any atom is 0.269 e. The molecule has 8 heteroatoms. The van der Waals surface area contributed by atoms with Gasteiger partial charge in [-0.05, 0) is 37.9 Å². The lowest BCUT2D eigenvalue weighted by molar-refractivity contribution is -0.384. The number of rotatable bonds is 8. The van der Waals surface area contributed by atoms with E-state index in [9.17, 15) is 18.5 Å². The van der Waals surface area contributed by atoms with E-state index in [4.69, 9.17) is 0 Å². The van der Waals surface area contributed by atoms with Crippen molar-refractivity contribution in [3.8, 4) is 0 Å². The first kappa shape index (κ1) is 14.9. The number of benzene rings is 1. The average Bonchev–Trinajstić information content (AvgIpc) is 3.22. The monoisotopic (exact) mass is 299 g/mol. The fraction of sp³-hybridized carbons (Fsp3) is 0.500. The first-order valence-corrected chi connectivity index (χ1v) is 7.95. The topological polar surface area (TPSA) is 101 Å². The smallest absolute Gasteiger partial charge is 0.269 e. The summed E-state index contributed by atoms with van der Waals surface area (Å²) in [4.78, 5) is 9.98. The number of non-ortho nitro benzene ring substituents is 1. The molecule has 0 heterocycles. The molecule has 0 spiro atoms. The Morgan fingerprint density at radius 1 is 1.20 bits per heavy atom. The van der Waals surface area contributed by atoms with Crippen molar-refractivity contribution in [1.29, 1.82) is 0 Å². The zero-order valence-corrected chi connectivity index (χ0v) is 11.7. The Morgan fingerprint density at radius 3 is 2.40 bits per heavy atom. The summed E-state index contributed by atoms with van der Waals surface area (Å²) in [6.07, 6.45) is 3.12. The third-order valence-electron chi connectivity index (χ3n) is 3.01. The summed E-state index contributed by atoms with van der Waals surface area (Å²) >= 11 is 0. The molecule has 0 saturated heterocycles. The van der Waals surface area contributed by atoms with Crippen molar-refractivity contribution in [3.63, 3.8) is 0 Å². The van der Waals surface area contributed by atoms with Crippen LogP contribution in [0.1, 0.15) is 19.3 Å². The Morgan fingerprint density at radius 2 is 1.85 bits per heavy atom. The summed E-state index contributed by atoms with van der Waals surface area (Å²) in [7, 11) is -3.59. The molecule has 0 aromatic heterocycles. The van der Waals surface area contributed by atoms with Crippen molar-refractivity contribution in [2.45, 2.75) is 30.2 Å². The fourth-order valence-electron chi connectivity index (χ4n) is 1.72. The van der Waals surface area contributed by atoms with E-state index in [1.54, 1.807) is 0 Å². The van der Waals surface area contributed by atoms with Crippen LogP contribution < -0.4 is 10.0 Å². The highest BCUT2D eigenvalue weighted by atomic mass is 32.2. The molecule has 0 bridgehead atoms. The fourth-order valence-corrected chi connectivity index (χ4v) is 2.79. The molecular weight excluding hydrogens is 282 g/mol. The number of nitrogens with zero attached hydrogens (tertiary/aromatic N) is 1. The summed E-state index contributed by atoms with van der Waals surface area (Å²) < 4.78 is 26.3. The van der Waals surface area contributed by atoms with E-state index >= 15 is 0 Å². The van der Waals surface area contributed by atoms with E-state index in [1.165, 1.54) is 37.1 Å². The molecule has 1 aromatic carbocycles. The number of sulfonamides is 1. The molecule has 1 saturated carbocycles. The van der Waals surface area contributed by atoms with Crippen LogP contribution in [0.2, 0.25) is 0 Å². The van der Waals surface area contributed by atoms with Crippen LogP contribution in [0.15, 0.2) is 29.2 Å². The maximum absolute atomic E-state index is 11.9. The quantitative estimate of drug-likeness (QED) is 0.424. The van der Waals surface area contributed by atoms with Crippen molar-refractivity contribution in [3.05, 3.63) is 34.4 Å². The second-order valence-corrected chi connectivity index (χ2v) is 6.50. The first-order chi connectivity index (χ1) is 9.49. The molecule has 1 aliphatic rings. The van der Waals surface area contributed by atoms with Gasteiger partial charge in [-0.15, -0.1) is 0 Å². The summed E-state index contributed by atoms with van der Waals surface area (Å²) in [6.45, 7) is 1.13. The zero-order valence-electron chi connectivity index (χ0n) is 10.9. The molecule has 1 aliphatic carbocycles. The van der Waals surface area contributed by atoms with Gasteiger partial charge in [-0.1, -0.05) is 0 Å². The molecule has 1 fully saturated rings. The minimum absolute atomic E-state index is 0.0400. The summed E-state index contributed by atoms with van der Waals surface area (Å²) in [5.41, 5.74) is -0.127.